The highest BCUT2D eigenvalue weighted by molar-refractivity contribution is 8.13. The largest absolute Gasteiger partial charge is 0.351 e. The SMILES string of the molecule is O=C(CCC1C(=O)N=C2c3ccccc3N=C(SCc3ccc(Cl)cc3)N21)NCc1cccs1. The molecule has 0 fully saturated rings. The van der Waals surface area contributed by atoms with Gasteiger partial charge in [0.05, 0.1) is 12.2 Å². The Morgan fingerprint density at radius 1 is 1.09 bits per heavy atom. The van der Waals surface area contributed by atoms with Gasteiger partial charge in [0.15, 0.2) is 5.17 Å². The number of carbonyl (C=O) groups is 2. The van der Waals surface area contributed by atoms with E-state index in [1.54, 1.807) is 23.1 Å². The summed E-state index contributed by atoms with van der Waals surface area (Å²) in [4.78, 5) is 37.6. The van der Waals surface area contributed by atoms with Gasteiger partial charge in [-0.05, 0) is 47.7 Å². The molecule has 0 aliphatic carbocycles. The van der Waals surface area contributed by atoms with Crippen LogP contribution in [0.25, 0.3) is 0 Å². The summed E-state index contributed by atoms with van der Waals surface area (Å²) in [6, 6.07) is 18.8. The zero-order valence-electron chi connectivity index (χ0n) is 18.1. The third-order valence-electron chi connectivity index (χ3n) is 5.57. The van der Waals surface area contributed by atoms with Crippen molar-refractivity contribution in [3.63, 3.8) is 0 Å². The highest BCUT2D eigenvalue weighted by Gasteiger charge is 2.41. The average Bonchev–Trinajstić information content (AvgIpc) is 3.48. The number of amides is 2. The van der Waals surface area contributed by atoms with E-state index in [0.29, 0.717) is 34.7 Å². The molecule has 172 valence electrons. The lowest BCUT2D eigenvalue weighted by Crippen LogP contribution is -2.44. The van der Waals surface area contributed by atoms with Gasteiger partial charge in [0.1, 0.15) is 11.9 Å². The molecule has 2 amide bonds. The number of rotatable bonds is 7. The Balaban J connectivity index is 1.32. The van der Waals surface area contributed by atoms with Crippen molar-refractivity contribution in [3.8, 4) is 0 Å². The Morgan fingerprint density at radius 3 is 2.71 bits per heavy atom. The highest BCUT2D eigenvalue weighted by atomic mass is 35.5. The molecule has 1 aromatic heterocycles. The number of carbonyl (C=O) groups excluding carboxylic acids is 2. The minimum Gasteiger partial charge on any atom is -0.351 e. The van der Waals surface area contributed by atoms with E-state index in [0.717, 1.165) is 21.7 Å². The number of hydrogen-bond acceptors (Lipinski definition) is 6. The van der Waals surface area contributed by atoms with Crippen molar-refractivity contribution in [1.29, 1.82) is 0 Å². The molecule has 0 radical (unpaired) electrons. The molecule has 6 nitrogen and oxygen atoms in total. The number of benzene rings is 2. The number of fused-ring (bicyclic) bond motifs is 3. The Labute approximate surface area is 210 Å². The number of hydrogen-bond donors (Lipinski definition) is 1. The molecular formula is C25H21ClN4O2S2. The second-order valence-corrected chi connectivity index (χ2v) is 10.3. The van der Waals surface area contributed by atoms with Crippen molar-refractivity contribution in [2.45, 2.75) is 31.2 Å². The lowest BCUT2D eigenvalue weighted by atomic mass is 10.1. The number of halogens is 1. The zero-order chi connectivity index (χ0) is 23.5. The molecule has 2 aromatic carbocycles. The predicted octanol–water partition coefficient (Wildman–Crippen LogP) is 5.39. The second-order valence-electron chi connectivity index (χ2n) is 7.88. The van der Waals surface area contributed by atoms with Crippen LogP contribution in [0.15, 0.2) is 76.0 Å². The van der Waals surface area contributed by atoms with Gasteiger partial charge in [0.25, 0.3) is 5.91 Å². The Hall–Kier alpha value is -2.94. The first kappa shape index (κ1) is 22.8. The first-order chi connectivity index (χ1) is 16.6. The van der Waals surface area contributed by atoms with E-state index in [4.69, 9.17) is 16.6 Å². The molecule has 2 aliphatic rings. The molecule has 5 rings (SSSR count). The van der Waals surface area contributed by atoms with Gasteiger partial charge >= 0.3 is 0 Å². The van der Waals surface area contributed by atoms with Crippen LogP contribution in [0, 0.1) is 0 Å². The predicted molar refractivity (Wildman–Crippen MR) is 139 cm³/mol. The zero-order valence-corrected chi connectivity index (χ0v) is 20.5. The number of nitrogens with one attached hydrogen (secondary N) is 1. The fraction of sp³-hybridized carbons (Fsp3) is 0.200. The molecule has 9 heteroatoms. The number of para-hydroxylation sites is 1. The van der Waals surface area contributed by atoms with Crippen molar-refractivity contribution < 1.29 is 9.59 Å². The summed E-state index contributed by atoms with van der Waals surface area (Å²) in [5.74, 6) is 0.958. The molecule has 1 unspecified atom stereocenters. The van der Waals surface area contributed by atoms with Crippen LogP contribution in [0.5, 0.6) is 0 Å². The molecule has 3 heterocycles. The number of thioether (sulfide) groups is 1. The minimum atomic E-state index is -0.549. The Bertz CT molecular complexity index is 1270. The number of amidine groups is 2. The third-order valence-corrected chi connectivity index (χ3v) is 7.73. The number of thiophene rings is 1. The van der Waals surface area contributed by atoms with Gasteiger partial charge in [-0.25, -0.2) is 4.99 Å². The molecular weight excluding hydrogens is 488 g/mol. The average molecular weight is 509 g/mol. The van der Waals surface area contributed by atoms with E-state index < -0.39 is 6.04 Å². The van der Waals surface area contributed by atoms with Crippen molar-refractivity contribution in [2.75, 3.05) is 0 Å². The van der Waals surface area contributed by atoms with E-state index >= 15 is 0 Å². The summed E-state index contributed by atoms with van der Waals surface area (Å²) in [6.07, 6.45) is 0.600. The molecule has 3 aromatic rings. The molecule has 1 N–H and O–H groups in total. The van der Waals surface area contributed by atoms with Crippen LogP contribution in [0.2, 0.25) is 5.02 Å². The summed E-state index contributed by atoms with van der Waals surface area (Å²) in [5.41, 5.74) is 2.72. The lowest BCUT2D eigenvalue weighted by Gasteiger charge is -2.31. The highest BCUT2D eigenvalue weighted by Crippen LogP contribution is 2.36. The molecule has 2 aliphatic heterocycles. The van der Waals surface area contributed by atoms with E-state index in [1.807, 2.05) is 70.9 Å². The van der Waals surface area contributed by atoms with Gasteiger partial charge < -0.3 is 5.32 Å². The fourth-order valence-electron chi connectivity index (χ4n) is 3.86. The molecule has 0 bridgehead atoms. The van der Waals surface area contributed by atoms with Crippen molar-refractivity contribution in [3.05, 3.63) is 87.1 Å². The number of nitrogens with zero attached hydrogens (tertiary/aromatic N) is 3. The summed E-state index contributed by atoms with van der Waals surface area (Å²) >= 11 is 9.16. The fourth-order valence-corrected chi connectivity index (χ4v) is 5.63. The Morgan fingerprint density at radius 2 is 1.91 bits per heavy atom. The summed E-state index contributed by atoms with van der Waals surface area (Å²) in [5, 5.41) is 6.31. The van der Waals surface area contributed by atoms with E-state index in [2.05, 4.69) is 10.3 Å². The van der Waals surface area contributed by atoms with Crippen LogP contribution in [-0.4, -0.2) is 33.8 Å². The molecule has 34 heavy (non-hydrogen) atoms. The summed E-state index contributed by atoms with van der Waals surface area (Å²) < 4.78 is 0. The minimum absolute atomic E-state index is 0.0839. The Kier molecular flexibility index (Phi) is 6.80. The normalized spacial score (nSPS) is 16.6. The lowest BCUT2D eigenvalue weighted by molar-refractivity contribution is -0.122. The van der Waals surface area contributed by atoms with Crippen LogP contribution < -0.4 is 5.32 Å². The molecule has 0 saturated carbocycles. The van der Waals surface area contributed by atoms with Crippen LogP contribution in [0.4, 0.5) is 5.69 Å². The van der Waals surface area contributed by atoms with Gasteiger partial charge in [-0.2, -0.15) is 4.99 Å². The van der Waals surface area contributed by atoms with Crippen molar-refractivity contribution in [1.82, 2.24) is 10.2 Å². The standard InChI is InChI=1S/C25H21ClN4O2S2/c26-17-9-7-16(8-10-17)15-34-25-28-20-6-2-1-5-19(20)23-29-24(32)21(30(23)25)11-12-22(31)27-14-18-4-3-13-33-18/h1-10,13,21H,11-12,14-15H2,(H,27,31). The number of aliphatic imine (C=N–C) groups is 2. The van der Waals surface area contributed by atoms with Gasteiger partial charge in [0, 0.05) is 27.6 Å². The smallest absolute Gasteiger partial charge is 0.270 e. The van der Waals surface area contributed by atoms with Crippen molar-refractivity contribution in [2.24, 2.45) is 9.98 Å². The van der Waals surface area contributed by atoms with E-state index in [-0.39, 0.29) is 18.2 Å². The first-order valence-corrected chi connectivity index (χ1v) is 13.1. The maximum Gasteiger partial charge on any atom is 0.270 e. The van der Waals surface area contributed by atoms with Crippen molar-refractivity contribution >= 4 is 63.2 Å². The summed E-state index contributed by atoms with van der Waals surface area (Å²) in [7, 11) is 0. The molecule has 0 saturated heterocycles. The van der Waals surface area contributed by atoms with Gasteiger partial charge in [-0.1, -0.05) is 53.7 Å². The van der Waals surface area contributed by atoms with Crippen LogP contribution >= 0.6 is 34.7 Å². The maximum atomic E-state index is 12.9. The topological polar surface area (TPSA) is 74.1 Å². The van der Waals surface area contributed by atoms with E-state index in [1.165, 1.54) is 0 Å². The maximum absolute atomic E-state index is 12.9. The van der Waals surface area contributed by atoms with Crippen LogP contribution in [-0.2, 0) is 21.9 Å². The summed E-state index contributed by atoms with van der Waals surface area (Å²) in [6.45, 7) is 0.498. The van der Waals surface area contributed by atoms with Gasteiger partial charge in [-0.3, -0.25) is 14.5 Å². The van der Waals surface area contributed by atoms with Gasteiger partial charge in [-0.15, -0.1) is 11.3 Å². The quantitative estimate of drug-likeness (QED) is 0.464. The monoisotopic (exact) mass is 508 g/mol. The van der Waals surface area contributed by atoms with Crippen LogP contribution in [0.1, 0.15) is 28.8 Å². The van der Waals surface area contributed by atoms with E-state index in [9.17, 15) is 9.59 Å². The second kappa shape index (κ2) is 10.1. The molecule has 1 atom stereocenters. The first-order valence-electron chi connectivity index (χ1n) is 10.8. The van der Waals surface area contributed by atoms with Gasteiger partial charge in [0.2, 0.25) is 5.91 Å². The third kappa shape index (κ3) is 4.94. The van der Waals surface area contributed by atoms with Crippen LogP contribution in [0.3, 0.4) is 0 Å². The molecule has 0 spiro atoms.